The maximum atomic E-state index is 12.6. The molecule has 1 unspecified atom stereocenters. The van der Waals surface area contributed by atoms with Gasteiger partial charge in [0.15, 0.2) is 11.5 Å². The van der Waals surface area contributed by atoms with Gasteiger partial charge in [-0.3, -0.25) is 9.78 Å². The van der Waals surface area contributed by atoms with E-state index in [-0.39, 0.29) is 5.91 Å². The Hall–Kier alpha value is -3.28. The van der Waals surface area contributed by atoms with Gasteiger partial charge in [0.05, 0.1) is 11.2 Å². The van der Waals surface area contributed by atoms with Gasteiger partial charge in [-0.15, -0.1) is 0 Å². The Morgan fingerprint density at radius 1 is 1.08 bits per heavy atom. The van der Waals surface area contributed by atoms with Crippen molar-refractivity contribution in [3.05, 3.63) is 54.7 Å². The van der Waals surface area contributed by atoms with Crippen LogP contribution in [0.15, 0.2) is 54.7 Å². The highest BCUT2D eigenvalue weighted by Crippen LogP contribution is 2.32. The highest BCUT2D eigenvalue weighted by atomic mass is 16.6. The molecular formula is C20H19N3O3. The van der Waals surface area contributed by atoms with Crippen LogP contribution in [-0.4, -0.2) is 30.1 Å². The lowest BCUT2D eigenvalue weighted by Gasteiger charge is -2.21. The molecule has 0 saturated carbocycles. The minimum Gasteiger partial charge on any atom is -0.486 e. The first kappa shape index (κ1) is 16.2. The molecule has 1 amide bonds. The number of ether oxygens (including phenoxy) is 2. The summed E-state index contributed by atoms with van der Waals surface area (Å²) in [5.41, 5.74) is 2.39. The van der Waals surface area contributed by atoms with Gasteiger partial charge in [-0.2, -0.15) is 0 Å². The number of carbonyl (C=O) groups is 1. The summed E-state index contributed by atoms with van der Waals surface area (Å²) in [5.74, 6) is 1.28. The first-order chi connectivity index (χ1) is 12.7. The van der Waals surface area contributed by atoms with Crippen molar-refractivity contribution in [2.24, 2.45) is 0 Å². The van der Waals surface area contributed by atoms with Crippen molar-refractivity contribution in [2.45, 2.75) is 13.0 Å². The highest BCUT2D eigenvalue weighted by molar-refractivity contribution is 6.03. The van der Waals surface area contributed by atoms with E-state index in [1.165, 1.54) is 0 Å². The van der Waals surface area contributed by atoms with Crippen LogP contribution in [0.1, 0.15) is 6.92 Å². The van der Waals surface area contributed by atoms with Crippen molar-refractivity contribution in [3.63, 3.8) is 0 Å². The predicted octanol–water partition coefficient (Wildman–Crippen LogP) is 3.45. The molecule has 1 aliphatic rings. The van der Waals surface area contributed by atoms with Crippen LogP contribution in [0.4, 0.5) is 11.4 Å². The molecule has 2 heterocycles. The number of nitrogens with one attached hydrogen (secondary N) is 2. The van der Waals surface area contributed by atoms with Gasteiger partial charge < -0.3 is 20.1 Å². The molecule has 2 N–H and O–H groups in total. The van der Waals surface area contributed by atoms with E-state index in [1.807, 2.05) is 55.5 Å². The maximum Gasteiger partial charge on any atom is 0.246 e. The molecule has 3 aromatic rings. The first-order valence-corrected chi connectivity index (χ1v) is 8.51. The maximum absolute atomic E-state index is 12.6. The molecule has 0 spiro atoms. The molecule has 0 radical (unpaired) electrons. The van der Waals surface area contributed by atoms with E-state index < -0.39 is 6.04 Å². The molecule has 4 rings (SSSR count). The number of pyridine rings is 1. The van der Waals surface area contributed by atoms with Crippen LogP contribution in [-0.2, 0) is 4.79 Å². The minimum absolute atomic E-state index is 0.128. The molecule has 0 fully saturated rings. The van der Waals surface area contributed by atoms with Crippen LogP contribution in [0.5, 0.6) is 11.5 Å². The molecule has 0 bridgehead atoms. The average molecular weight is 349 g/mol. The number of anilines is 2. The molecular weight excluding hydrogens is 330 g/mol. The number of hydrogen-bond acceptors (Lipinski definition) is 5. The van der Waals surface area contributed by atoms with Crippen molar-refractivity contribution >= 4 is 28.2 Å². The fourth-order valence-electron chi connectivity index (χ4n) is 2.90. The summed E-state index contributed by atoms with van der Waals surface area (Å²) in [5, 5.41) is 7.08. The Morgan fingerprint density at radius 3 is 2.81 bits per heavy atom. The van der Waals surface area contributed by atoms with Crippen LogP contribution < -0.4 is 20.1 Å². The molecule has 2 aromatic carbocycles. The molecule has 6 nitrogen and oxygen atoms in total. The fourth-order valence-corrected chi connectivity index (χ4v) is 2.90. The summed E-state index contributed by atoms with van der Waals surface area (Å²) < 4.78 is 11.1. The second-order valence-electron chi connectivity index (χ2n) is 6.09. The van der Waals surface area contributed by atoms with Gasteiger partial charge in [-0.05, 0) is 43.3 Å². The van der Waals surface area contributed by atoms with E-state index in [1.54, 1.807) is 6.20 Å². The molecule has 0 saturated heterocycles. The number of amides is 1. The number of aromatic nitrogens is 1. The summed E-state index contributed by atoms with van der Waals surface area (Å²) in [6.45, 7) is 2.90. The van der Waals surface area contributed by atoms with Gasteiger partial charge in [0, 0.05) is 23.3 Å². The summed E-state index contributed by atoms with van der Waals surface area (Å²) in [6, 6.07) is 14.6. The number of carbonyl (C=O) groups excluding carboxylic acids is 1. The quantitative estimate of drug-likeness (QED) is 0.755. The Labute approximate surface area is 151 Å². The molecule has 26 heavy (non-hydrogen) atoms. The second kappa shape index (κ2) is 6.92. The smallest absolute Gasteiger partial charge is 0.246 e. The molecule has 6 heteroatoms. The van der Waals surface area contributed by atoms with Gasteiger partial charge in [0.2, 0.25) is 5.91 Å². The summed E-state index contributed by atoms with van der Waals surface area (Å²) in [4.78, 5) is 16.9. The van der Waals surface area contributed by atoms with Gasteiger partial charge in [0.25, 0.3) is 0 Å². The third-order valence-electron chi connectivity index (χ3n) is 4.22. The molecule has 132 valence electrons. The lowest BCUT2D eigenvalue weighted by Crippen LogP contribution is -2.32. The first-order valence-electron chi connectivity index (χ1n) is 8.51. The monoisotopic (exact) mass is 349 g/mol. The second-order valence-corrected chi connectivity index (χ2v) is 6.09. The zero-order valence-corrected chi connectivity index (χ0v) is 14.4. The Morgan fingerprint density at radius 2 is 1.92 bits per heavy atom. The topological polar surface area (TPSA) is 72.5 Å². The molecule has 1 aliphatic heterocycles. The van der Waals surface area contributed by atoms with E-state index in [9.17, 15) is 4.79 Å². The zero-order chi connectivity index (χ0) is 17.9. The van der Waals surface area contributed by atoms with Gasteiger partial charge >= 0.3 is 0 Å². The van der Waals surface area contributed by atoms with Crippen LogP contribution in [0.2, 0.25) is 0 Å². The lowest BCUT2D eigenvalue weighted by atomic mass is 10.1. The largest absolute Gasteiger partial charge is 0.486 e. The van der Waals surface area contributed by atoms with Crippen LogP contribution in [0, 0.1) is 0 Å². The van der Waals surface area contributed by atoms with Gasteiger partial charge in [0.1, 0.15) is 19.3 Å². The third-order valence-corrected chi connectivity index (χ3v) is 4.22. The third kappa shape index (κ3) is 3.26. The number of benzene rings is 2. The standard InChI is InChI=1S/C20H19N3O3/c1-13(22-14-7-8-18-19(12-14)26-11-10-25-18)20(24)23-17-6-2-5-16-15(17)4-3-9-21-16/h2-9,12-13,22H,10-11H2,1H3,(H,23,24). The van der Waals surface area contributed by atoms with Gasteiger partial charge in [-0.1, -0.05) is 6.07 Å². The SMILES string of the molecule is CC(Nc1ccc2c(c1)OCCO2)C(=O)Nc1cccc2ncccc12. The normalized spacial score (nSPS) is 13.9. The lowest BCUT2D eigenvalue weighted by molar-refractivity contribution is -0.116. The zero-order valence-electron chi connectivity index (χ0n) is 14.4. The van der Waals surface area contributed by atoms with Crippen LogP contribution >= 0.6 is 0 Å². The fraction of sp³-hybridized carbons (Fsp3) is 0.200. The minimum atomic E-state index is -0.426. The number of nitrogens with zero attached hydrogens (tertiary/aromatic N) is 1. The van der Waals surface area contributed by atoms with E-state index in [4.69, 9.17) is 9.47 Å². The number of hydrogen-bond donors (Lipinski definition) is 2. The Balaban J connectivity index is 1.48. The van der Waals surface area contributed by atoms with Crippen molar-refractivity contribution in [2.75, 3.05) is 23.8 Å². The van der Waals surface area contributed by atoms with Crippen molar-refractivity contribution in [1.29, 1.82) is 0 Å². The number of rotatable bonds is 4. The highest BCUT2D eigenvalue weighted by Gasteiger charge is 2.16. The summed E-state index contributed by atoms with van der Waals surface area (Å²) in [7, 11) is 0. The molecule has 1 aromatic heterocycles. The molecule has 0 aliphatic carbocycles. The van der Waals surface area contributed by atoms with Crippen molar-refractivity contribution in [3.8, 4) is 11.5 Å². The van der Waals surface area contributed by atoms with Crippen molar-refractivity contribution < 1.29 is 14.3 Å². The van der Waals surface area contributed by atoms with Crippen LogP contribution in [0.25, 0.3) is 10.9 Å². The van der Waals surface area contributed by atoms with Crippen molar-refractivity contribution in [1.82, 2.24) is 4.98 Å². The van der Waals surface area contributed by atoms with Crippen LogP contribution in [0.3, 0.4) is 0 Å². The van der Waals surface area contributed by atoms with Gasteiger partial charge in [-0.25, -0.2) is 0 Å². The van der Waals surface area contributed by atoms with E-state index >= 15 is 0 Å². The Bertz CT molecular complexity index is 953. The summed E-state index contributed by atoms with van der Waals surface area (Å²) >= 11 is 0. The molecule has 1 atom stereocenters. The van der Waals surface area contributed by atoms with E-state index in [0.717, 1.165) is 28.0 Å². The summed E-state index contributed by atoms with van der Waals surface area (Å²) in [6.07, 6.45) is 1.74. The number of fused-ring (bicyclic) bond motifs is 2. The van der Waals surface area contributed by atoms with E-state index in [0.29, 0.717) is 19.0 Å². The van der Waals surface area contributed by atoms with E-state index in [2.05, 4.69) is 15.6 Å². The Kier molecular flexibility index (Phi) is 4.31. The predicted molar refractivity (Wildman–Crippen MR) is 101 cm³/mol. The average Bonchev–Trinajstić information content (AvgIpc) is 2.68.